The van der Waals surface area contributed by atoms with Crippen molar-refractivity contribution in [2.24, 2.45) is 5.73 Å². The SMILES string of the molecule is Cc1ccc(O)c(C)c1-n1c(C(=O)Nc2ccc(F)cc2)nc(C(N)=O)c1N. The third-order valence-electron chi connectivity index (χ3n) is 4.28. The molecule has 0 aliphatic rings. The van der Waals surface area contributed by atoms with Crippen LogP contribution in [-0.4, -0.2) is 26.5 Å². The number of phenolic OH excluding ortho intramolecular Hbond substituents is 1. The second-order valence-corrected chi connectivity index (χ2v) is 6.21. The lowest BCUT2D eigenvalue weighted by molar-refractivity contribution is 0.0997. The molecule has 0 aliphatic heterocycles. The number of nitrogens with one attached hydrogen (secondary N) is 1. The molecule has 0 atom stereocenters. The molecule has 0 saturated carbocycles. The lowest BCUT2D eigenvalue weighted by Gasteiger charge is -2.16. The number of aromatic nitrogens is 2. The van der Waals surface area contributed by atoms with Gasteiger partial charge in [0.15, 0.2) is 5.69 Å². The van der Waals surface area contributed by atoms with E-state index in [4.69, 9.17) is 11.5 Å². The summed E-state index contributed by atoms with van der Waals surface area (Å²) in [6.45, 7) is 3.40. The maximum atomic E-state index is 13.1. The third kappa shape index (κ3) is 3.25. The van der Waals surface area contributed by atoms with Gasteiger partial charge in [0.05, 0.1) is 5.69 Å². The van der Waals surface area contributed by atoms with Crippen molar-refractivity contribution in [3.8, 4) is 11.4 Å². The number of amides is 2. The van der Waals surface area contributed by atoms with Crippen LogP contribution in [0.1, 0.15) is 32.2 Å². The zero-order valence-electron chi connectivity index (χ0n) is 15.2. The number of imidazole rings is 1. The van der Waals surface area contributed by atoms with Gasteiger partial charge in [0.25, 0.3) is 11.8 Å². The number of aryl methyl sites for hydroxylation is 1. The van der Waals surface area contributed by atoms with Crippen LogP contribution >= 0.6 is 0 Å². The molecule has 28 heavy (non-hydrogen) atoms. The van der Waals surface area contributed by atoms with Gasteiger partial charge in [-0.3, -0.25) is 14.2 Å². The lowest BCUT2D eigenvalue weighted by Crippen LogP contribution is -2.19. The van der Waals surface area contributed by atoms with Crippen molar-refractivity contribution < 1.29 is 19.1 Å². The lowest BCUT2D eigenvalue weighted by atomic mass is 10.1. The number of hydrogen-bond donors (Lipinski definition) is 4. The monoisotopic (exact) mass is 383 g/mol. The molecule has 144 valence electrons. The number of rotatable bonds is 4. The largest absolute Gasteiger partial charge is 0.508 e. The fourth-order valence-corrected chi connectivity index (χ4v) is 2.88. The minimum Gasteiger partial charge on any atom is -0.508 e. The first-order chi connectivity index (χ1) is 13.2. The molecule has 0 unspecified atom stereocenters. The van der Waals surface area contributed by atoms with Crippen molar-refractivity contribution in [2.75, 3.05) is 11.1 Å². The molecule has 0 aliphatic carbocycles. The van der Waals surface area contributed by atoms with Crippen molar-refractivity contribution in [1.82, 2.24) is 9.55 Å². The van der Waals surface area contributed by atoms with Crippen LogP contribution in [0.4, 0.5) is 15.9 Å². The molecule has 3 rings (SSSR count). The summed E-state index contributed by atoms with van der Waals surface area (Å²) in [6, 6.07) is 8.29. The van der Waals surface area contributed by atoms with E-state index in [-0.39, 0.29) is 23.1 Å². The van der Waals surface area contributed by atoms with Gasteiger partial charge in [-0.15, -0.1) is 0 Å². The highest BCUT2D eigenvalue weighted by atomic mass is 19.1. The van der Waals surface area contributed by atoms with E-state index in [2.05, 4.69) is 10.3 Å². The predicted octanol–water partition coefficient (Wildman–Crippen LogP) is 2.27. The second kappa shape index (κ2) is 7.03. The fraction of sp³-hybridized carbons (Fsp3) is 0.105. The third-order valence-corrected chi connectivity index (χ3v) is 4.28. The molecule has 2 aromatic carbocycles. The van der Waals surface area contributed by atoms with E-state index in [0.717, 1.165) is 0 Å². The molecule has 1 heterocycles. The number of carbonyl (C=O) groups excluding carboxylic acids is 2. The van der Waals surface area contributed by atoms with Crippen molar-refractivity contribution in [1.29, 1.82) is 0 Å². The molecule has 0 spiro atoms. The first-order valence-corrected chi connectivity index (χ1v) is 8.25. The summed E-state index contributed by atoms with van der Waals surface area (Å²) in [4.78, 5) is 28.6. The Morgan fingerprint density at radius 1 is 1.14 bits per heavy atom. The van der Waals surface area contributed by atoms with Gasteiger partial charge in [-0.25, -0.2) is 9.37 Å². The molecule has 0 bridgehead atoms. The number of carbonyl (C=O) groups is 2. The Labute approximate surface area is 159 Å². The molecule has 3 aromatic rings. The standard InChI is InChI=1S/C19H18FN5O3/c1-9-3-8-13(26)10(2)15(9)25-16(21)14(17(22)27)24-18(25)19(28)23-12-6-4-11(20)5-7-12/h3-8,26H,21H2,1-2H3,(H2,22,27)(H,23,28). The van der Waals surface area contributed by atoms with Gasteiger partial charge in [0.2, 0.25) is 5.82 Å². The van der Waals surface area contributed by atoms with Gasteiger partial charge in [0.1, 0.15) is 17.4 Å². The van der Waals surface area contributed by atoms with E-state index in [1.807, 2.05) is 0 Å². The van der Waals surface area contributed by atoms with Crippen LogP contribution in [0.25, 0.3) is 5.69 Å². The Balaban J connectivity index is 2.18. The van der Waals surface area contributed by atoms with Gasteiger partial charge in [0, 0.05) is 11.3 Å². The summed E-state index contributed by atoms with van der Waals surface area (Å²) in [7, 11) is 0. The molecular weight excluding hydrogens is 365 g/mol. The Kier molecular flexibility index (Phi) is 4.74. The quantitative estimate of drug-likeness (QED) is 0.548. The van der Waals surface area contributed by atoms with Crippen LogP contribution in [0, 0.1) is 19.7 Å². The molecule has 9 heteroatoms. The van der Waals surface area contributed by atoms with Crippen LogP contribution in [0.3, 0.4) is 0 Å². The zero-order valence-corrected chi connectivity index (χ0v) is 15.2. The topological polar surface area (TPSA) is 136 Å². The summed E-state index contributed by atoms with van der Waals surface area (Å²) in [5, 5.41) is 12.7. The number of anilines is 2. The van der Waals surface area contributed by atoms with Gasteiger partial charge >= 0.3 is 0 Å². The van der Waals surface area contributed by atoms with Crippen molar-refractivity contribution >= 4 is 23.3 Å². The number of nitrogens with zero attached hydrogens (tertiary/aromatic N) is 2. The van der Waals surface area contributed by atoms with E-state index in [1.165, 1.54) is 34.9 Å². The number of primary amides is 1. The number of nitrogen functional groups attached to an aromatic ring is 1. The fourth-order valence-electron chi connectivity index (χ4n) is 2.88. The first-order valence-electron chi connectivity index (χ1n) is 8.25. The van der Waals surface area contributed by atoms with Crippen LogP contribution in [-0.2, 0) is 0 Å². The Morgan fingerprint density at radius 2 is 1.79 bits per heavy atom. The summed E-state index contributed by atoms with van der Waals surface area (Å²) >= 11 is 0. The minimum absolute atomic E-state index is 0.0146. The molecule has 0 fully saturated rings. The maximum Gasteiger partial charge on any atom is 0.292 e. The molecule has 2 amide bonds. The van der Waals surface area contributed by atoms with Crippen LogP contribution in [0.15, 0.2) is 36.4 Å². The van der Waals surface area contributed by atoms with Gasteiger partial charge in [-0.1, -0.05) is 6.07 Å². The summed E-state index contributed by atoms with van der Waals surface area (Å²) < 4.78 is 14.4. The Bertz CT molecular complexity index is 1090. The predicted molar refractivity (Wildman–Crippen MR) is 102 cm³/mol. The number of hydrogen-bond acceptors (Lipinski definition) is 5. The average Bonchev–Trinajstić information content (AvgIpc) is 2.98. The normalized spacial score (nSPS) is 10.7. The highest BCUT2D eigenvalue weighted by molar-refractivity contribution is 6.05. The number of halogens is 1. The van der Waals surface area contributed by atoms with E-state index in [1.54, 1.807) is 19.9 Å². The maximum absolute atomic E-state index is 13.1. The first kappa shape index (κ1) is 18.9. The minimum atomic E-state index is -0.900. The highest BCUT2D eigenvalue weighted by Gasteiger charge is 2.26. The average molecular weight is 383 g/mol. The van der Waals surface area contributed by atoms with E-state index < -0.39 is 17.6 Å². The summed E-state index contributed by atoms with van der Waals surface area (Å²) in [5.41, 5.74) is 13.0. The van der Waals surface area contributed by atoms with Crippen LogP contribution in [0.5, 0.6) is 5.75 Å². The van der Waals surface area contributed by atoms with Crippen molar-refractivity contribution in [3.63, 3.8) is 0 Å². The molecule has 6 N–H and O–H groups in total. The zero-order chi connectivity index (χ0) is 20.6. The number of nitrogens with two attached hydrogens (primary N) is 2. The van der Waals surface area contributed by atoms with E-state index in [9.17, 15) is 19.1 Å². The molecule has 0 radical (unpaired) electrons. The van der Waals surface area contributed by atoms with Crippen molar-refractivity contribution in [3.05, 3.63) is 64.9 Å². The number of aromatic hydroxyl groups is 1. The molecule has 1 aromatic heterocycles. The number of phenols is 1. The molecular formula is C19H18FN5O3. The Hall–Kier alpha value is -3.88. The van der Waals surface area contributed by atoms with E-state index >= 15 is 0 Å². The van der Waals surface area contributed by atoms with Gasteiger partial charge in [-0.2, -0.15) is 0 Å². The Morgan fingerprint density at radius 3 is 2.39 bits per heavy atom. The smallest absolute Gasteiger partial charge is 0.292 e. The number of benzene rings is 2. The molecule has 0 saturated heterocycles. The van der Waals surface area contributed by atoms with Crippen LogP contribution in [0.2, 0.25) is 0 Å². The second-order valence-electron chi connectivity index (χ2n) is 6.21. The van der Waals surface area contributed by atoms with E-state index in [0.29, 0.717) is 22.5 Å². The summed E-state index contributed by atoms with van der Waals surface area (Å²) in [5.74, 6) is -2.39. The van der Waals surface area contributed by atoms with Gasteiger partial charge < -0.3 is 21.9 Å². The molecule has 8 nitrogen and oxygen atoms in total. The van der Waals surface area contributed by atoms with Crippen molar-refractivity contribution in [2.45, 2.75) is 13.8 Å². The summed E-state index contributed by atoms with van der Waals surface area (Å²) in [6.07, 6.45) is 0. The van der Waals surface area contributed by atoms with Crippen LogP contribution < -0.4 is 16.8 Å². The highest BCUT2D eigenvalue weighted by Crippen LogP contribution is 2.31. The van der Waals surface area contributed by atoms with Gasteiger partial charge in [-0.05, 0) is 49.7 Å².